The van der Waals surface area contributed by atoms with Crippen molar-refractivity contribution >= 4 is 17.6 Å². The highest BCUT2D eigenvalue weighted by molar-refractivity contribution is 6.33. The summed E-state index contributed by atoms with van der Waals surface area (Å²) in [6, 6.07) is 11.9. The first-order valence-corrected chi connectivity index (χ1v) is 7.97. The second kappa shape index (κ2) is 7.88. The minimum atomic E-state index is -0.581. The lowest BCUT2D eigenvalue weighted by Crippen LogP contribution is -2.07. The number of ether oxygens (including phenoxy) is 3. The summed E-state index contributed by atoms with van der Waals surface area (Å²) < 4.78 is 20.6. The van der Waals surface area contributed by atoms with Gasteiger partial charge in [-0.3, -0.25) is 0 Å². The van der Waals surface area contributed by atoms with Gasteiger partial charge in [-0.05, 0) is 24.3 Å². The summed E-state index contributed by atoms with van der Waals surface area (Å²) in [6.07, 6.45) is 0. The number of rotatable bonds is 6. The van der Waals surface area contributed by atoms with Crippen molar-refractivity contribution in [2.45, 2.75) is 6.61 Å². The maximum atomic E-state index is 12.3. The summed E-state index contributed by atoms with van der Waals surface area (Å²) in [6.45, 7) is -0.175. The zero-order chi connectivity index (χ0) is 18.5. The molecule has 0 aliphatic carbocycles. The van der Waals surface area contributed by atoms with Gasteiger partial charge < -0.3 is 18.7 Å². The summed E-state index contributed by atoms with van der Waals surface area (Å²) in [5.41, 5.74) is 0.895. The zero-order valence-electron chi connectivity index (χ0n) is 14.1. The predicted octanol–water partition coefficient (Wildman–Crippen LogP) is 3.76. The number of aromatic nitrogens is 2. The number of methoxy groups -OCH3 is 2. The fourth-order valence-electron chi connectivity index (χ4n) is 2.24. The number of esters is 1. The molecule has 0 saturated heterocycles. The van der Waals surface area contributed by atoms with Gasteiger partial charge in [-0.2, -0.15) is 4.98 Å². The van der Waals surface area contributed by atoms with E-state index in [4.69, 9.17) is 30.3 Å². The van der Waals surface area contributed by atoms with Crippen molar-refractivity contribution in [1.82, 2.24) is 10.1 Å². The number of benzene rings is 2. The molecule has 1 heterocycles. The molecule has 0 aliphatic rings. The molecule has 0 atom stereocenters. The van der Waals surface area contributed by atoms with Crippen LogP contribution in [-0.2, 0) is 11.3 Å². The van der Waals surface area contributed by atoms with Crippen LogP contribution in [-0.4, -0.2) is 30.3 Å². The predicted molar refractivity (Wildman–Crippen MR) is 93.4 cm³/mol. The van der Waals surface area contributed by atoms with E-state index in [1.165, 1.54) is 14.2 Å². The lowest BCUT2D eigenvalue weighted by Gasteiger charge is -2.09. The molecule has 0 spiro atoms. The third-order valence-electron chi connectivity index (χ3n) is 3.54. The average Bonchev–Trinajstić information content (AvgIpc) is 3.14. The Hall–Kier alpha value is -3.06. The number of hydrogen-bond acceptors (Lipinski definition) is 7. The third-order valence-corrected chi connectivity index (χ3v) is 3.87. The van der Waals surface area contributed by atoms with Gasteiger partial charge in [0.25, 0.3) is 5.89 Å². The van der Waals surface area contributed by atoms with Crippen LogP contribution in [0.2, 0.25) is 5.02 Å². The maximum Gasteiger partial charge on any atom is 0.342 e. The molecule has 0 fully saturated rings. The van der Waals surface area contributed by atoms with Crippen molar-refractivity contribution in [3.63, 3.8) is 0 Å². The fraction of sp³-hybridized carbons (Fsp3) is 0.167. The Kier molecular flexibility index (Phi) is 5.38. The Morgan fingerprint density at radius 1 is 1.15 bits per heavy atom. The van der Waals surface area contributed by atoms with Gasteiger partial charge in [0.05, 0.1) is 19.2 Å². The van der Waals surface area contributed by atoms with E-state index in [-0.39, 0.29) is 18.1 Å². The molecule has 0 saturated carbocycles. The van der Waals surface area contributed by atoms with Crippen LogP contribution in [0.15, 0.2) is 47.0 Å². The summed E-state index contributed by atoms with van der Waals surface area (Å²) >= 11 is 6.10. The average molecular weight is 375 g/mol. The first kappa shape index (κ1) is 17.8. The van der Waals surface area contributed by atoms with Gasteiger partial charge in [0.15, 0.2) is 6.61 Å². The number of carbonyl (C=O) groups excluding carboxylic acids is 1. The normalized spacial score (nSPS) is 10.4. The summed E-state index contributed by atoms with van der Waals surface area (Å²) in [5.74, 6) is 0.808. The van der Waals surface area contributed by atoms with Crippen molar-refractivity contribution in [3.8, 4) is 22.9 Å². The fourth-order valence-corrected chi connectivity index (χ4v) is 2.46. The van der Waals surface area contributed by atoms with Gasteiger partial charge in [-0.1, -0.05) is 28.9 Å². The molecule has 26 heavy (non-hydrogen) atoms. The number of carbonyl (C=O) groups is 1. The second-order valence-corrected chi connectivity index (χ2v) is 5.54. The molecule has 1 aromatic heterocycles. The largest absolute Gasteiger partial charge is 0.497 e. The molecule has 134 valence electrons. The number of nitrogens with zero attached hydrogens (tertiary/aromatic N) is 2. The standard InChI is InChI=1S/C18H15ClN2O5/c1-23-11-7-8-13(15(9-11)24-2)18(22)25-10-16-20-17(21-26-16)12-5-3-4-6-14(12)19/h3-9H,10H2,1-2H3. The van der Waals surface area contributed by atoms with Crippen LogP contribution >= 0.6 is 11.6 Å². The summed E-state index contributed by atoms with van der Waals surface area (Å²) in [7, 11) is 2.98. The Morgan fingerprint density at radius 3 is 2.69 bits per heavy atom. The minimum Gasteiger partial charge on any atom is -0.497 e. The van der Waals surface area contributed by atoms with Gasteiger partial charge in [0.1, 0.15) is 17.1 Å². The lowest BCUT2D eigenvalue weighted by atomic mass is 10.2. The highest BCUT2D eigenvalue weighted by Crippen LogP contribution is 2.26. The van der Waals surface area contributed by atoms with E-state index in [0.717, 1.165) is 0 Å². The van der Waals surface area contributed by atoms with Gasteiger partial charge >= 0.3 is 5.97 Å². The van der Waals surface area contributed by atoms with Crippen LogP contribution < -0.4 is 9.47 Å². The van der Waals surface area contributed by atoms with Gasteiger partial charge in [0, 0.05) is 11.6 Å². The van der Waals surface area contributed by atoms with Gasteiger partial charge in [-0.25, -0.2) is 4.79 Å². The van der Waals surface area contributed by atoms with Crippen LogP contribution in [0.3, 0.4) is 0 Å². The number of halogens is 1. The molecule has 7 nitrogen and oxygen atoms in total. The Bertz CT molecular complexity index is 925. The topological polar surface area (TPSA) is 83.7 Å². The minimum absolute atomic E-state index is 0.153. The molecule has 2 aromatic carbocycles. The van der Waals surface area contributed by atoms with Crippen LogP contribution in [0, 0.1) is 0 Å². The Balaban J connectivity index is 1.70. The SMILES string of the molecule is COc1ccc(C(=O)OCc2nc(-c3ccccc3Cl)no2)c(OC)c1. The highest BCUT2D eigenvalue weighted by Gasteiger charge is 2.17. The first-order chi connectivity index (χ1) is 12.6. The molecule has 0 amide bonds. The molecule has 0 N–H and O–H groups in total. The first-order valence-electron chi connectivity index (χ1n) is 7.59. The molecule has 0 aliphatic heterocycles. The van der Waals surface area contributed by atoms with Crippen molar-refractivity contribution in [3.05, 3.63) is 58.9 Å². The van der Waals surface area contributed by atoms with Crippen molar-refractivity contribution in [2.24, 2.45) is 0 Å². The molecule has 8 heteroatoms. The van der Waals surface area contributed by atoms with E-state index >= 15 is 0 Å². The van der Waals surface area contributed by atoms with E-state index in [2.05, 4.69) is 10.1 Å². The highest BCUT2D eigenvalue weighted by atomic mass is 35.5. The molecule has 3 aromatic rings. The Morgan fingerprint density at radius 2 is 1.96 bits per heavy atom. The molecular formula is C18H15ClN2O5. The summed E-state index contributed by atoms with van der Waals surface area (Å²) in [4.78, 5) is 16.5. The second-order valence-electron chi connectivity index (χ2n) is 5.13. The quantitative estimate of drug-likeness (QED) is 0.607. The van der Waals surface area contributed by atoms with E-state index < -0.39 is 5.97 Å². The maximum absolute atomic E-state index is 12.3. The van der Waals surface area contributed by atoms with Crippen LogP contribution in [0.5, 0.6) is 11.5 Å². The smallest absolute Gasteiger partial charge is 0.342 e. The molecule has 0 bridgehead atoms. The van der Waals surface area contributed by atoms with E-state index in [1.807, 2.05) is 6.07 Å². The van der Waals surface area contributed by atoms with E-state index in [9.17, 15) is 4.79 Å². The van der Waals surface area contributed by atoms with Crippen molar-refractivity contribution < 1.29 is 23.5 Å². The van der Waals surface area contributed by atoms with Gasteiger partial charge in [-0.15, -0.1) is 0 Å². The monoisotopic (exact) mass is 374 g/mol. The molecule has 0 unspecified atom stereocenters. The summed E-state index contributed by atoms with van der Waals surface area (Å²) in [5, 5.41) is 4.35. The molecule has 3 rings (SSSR count). The zero-order valence-corrected chi connectivity index (χ0v) is 14.8. The van der Waals surface area contributed by atoms with E-state index in [0.29, 0.717) is 27.9 Å². The molecule has 0 radical (unpaired) electrons. The lowest BCUT2D eigenvalue weighted by molar-refractivity contribution is 0.0426. The van der Waals surface area contributed by atoms with Crippen LogP contribution in [0.1, 0.15) is 16.2 Å². The number of hydrogen-bond donors (Lipinski definition) is 0. The van der Waals surface area contributed by atoms with Crippen molar-refractivity contribution in [2.75, 3.05) is 14.2 Å². The van der Waals surface area contributed by atoms with Crippen LogP contribution in [0.4, 0.5) is 0 Å². The van der Waals surface area contributed by atoms with Gasteiger partial charge in [0.2, 0.25) is 5.82 Å². The molecular weight excluding hydrogens is 360 g/mol. The van der Waals surface area contributed by atoms with E-state index in [1.54, 1.807) is 36.4 Å². The Labute approximate surface area is 154 Å². The third kappa shape index (κ3) is 3.78. The van der Waals surface area contributed by atoms with Crippen LogP contribution in [0.25, 0.3) is 11.4 Å². The van der Waals surface area contributed by atoms with Crippen molar-refractivity contribution in [1.29, 1.82) is 0 Å².